The maximum absolute atomic E-state index is 12.2. The van der Waals surface area contributed by atoms with Crippen molar-refractivity contribution in [1.29, 1.82) is 0 Å². The van der Waals surface area contributed by atoms with E-state index in [1.165, 1.54) is 12.1 Å². The van der Waals surface area contributed by atoms with Gasteiger partial charge in [0.25, 0.3) is 0 Å². The molecule has 8 heteroatoms. The van der Waals surface area contributed by atoms with Gasteiger partial charge in [-0.15, -0.1) is 0 Å². The van der Waals surface area contributed by atoms with Gasteiger partial charge in [0.1, 0.15) is 0 Å². The fraction of sp³-hybridized carbons (Fsp3) is 0.400. The Kier molecular flexibility index (Phi) is 7.02. The monoisotopic (exact) mass is 322 g/mol. The van der Waals surface area contributed by atoms with Crippen LogP contribution in [-0.4, -0.2) is 8.42 Å². The zero-order valence-corrected chi connectivity index (χ0v) is 11.7. The predicted octanol–water partition coefficient (Wildman–Crippen LogP) is 4.37. The molecule has 0 aliphatic heterocycles. The number of aryl methyl sites for hydroxylation is 1. The lowest BCUT2D eigenvalue weighted by molar-refractivity contribution is -0.137. The fourth-order valence-electron chi connectivity index (χ4n) is 1.19. The summed E-state index contributed by atoms with van der Waals surface area (Å²) in [6, 6.07) is 5.48. The molecule has 0 fully saturated rings. The lowest BCUT2D eigenvalue weighted by Gasteiger charge is -2.07. The maximum atomic E-state index is 12.2. The third-order valence-electron chi connectivity index (χ3n) is 1.79. The highest BCUT2D eigenvalue weighted by Gasteiger charge is 2.30. The first kappa shape index (κ1) is 17.5. The van der Waals surface area contributed by atoms with Gasteiger partial charge in [-0.3, -0.25) is 0 Å². The molecule has 1 rings (SSSR count). The zero-order valence-electron chi connectivity index (χ0n) is 9.34. The molecule has 1 aromatic rings. The van der Waals surface area contributed by atoms with Gasteiger partial charge in [-0.2, -0.15) is 21.6 Å². The Hall–Kier alpha value is -0.460. The highest BCUT2D eigenvalue weighted by Crippen LogP contribution is 2.29. The van der Waals surface area contributed by atoms with Crippen LogP contribution in [0.15, 0.2) is 24.3 Å². The first-order valence-corrected chi connectivity index (χ1v) is 7.98. The van der Waals surface area contributed by atoms with Crippen molar-refractivity contribution >= 4 is 29.6 Å². The fourth-order valence-corrected chi connectivity index (χ4v) is 1.19. The van der Waals surface area contributed by atoms with E-state index in [9.17, 15) is 13.2 Å². The van der Waals surface area contributed by atoms with Gasteiger partial charge in [-0.25, -0.2) is 0 Å². The third-order valence-corrected chi connectivity index (χ3v) is 1.79. The van der Waals surface area contributed by atoms with E-state index in [1.54, 1.807) is 6.07 Å². The molecule has 104 valence electrons. The molecule has 0 unspecified atom stereocenters. The SMILES string of the molecule is CCCc1cccc(C(F)(F)F)c1.O=S(=O)(Cl)Cl. The molecule has 0 N–H and O–H groups in total. The van der Waals surface area contributed by atoms with Crippen LogP contribution in [0.4, 0.5) is 13.2 Å². The number of benzene rings is 1. The van der Waals surface area contributed by atoms with E-state index in [0.717, 1.165) is 18.1 Å². The molecule has 0 aliphatic rings. The molecule has 0 atom stereocenters. The Labute approximate surface area is 113 Å². The smallest absolute Gasteiger partial charge is 0.195 e. The largest absolute Gasteiger partial charge is 0.416 e. The summed E-state index contributed by atoms with van der Waals surface area (Å²) in [5.74, 6) is 0. The van der Waals surface area contributed by atoms with E-state index in [4.69, 9.17) is 8.42 Å². The average Bonchev–Trinajstić information content (AvgIpc) is 2.14. The number of hydrogen-bond donors (Lipinski definition) is 0. The van der Waals surface area contributed by atoms with Crippen LogP contribution in [0.1, 0.15) is 24.5 Å². The van der Waals surface area contributed by atoms with E-state index in [-0.39, 0.29) is 0 Å². The molecule has 0 amide bonds. The molecule has 0 radical (unpaired) electrons. The summed E-state index contributed by atoms with van der Waals surface area (Å²) in [5, 5.41) is 0. The van der Waals surface area contributed by atoms with Crippen molar-refractivity contribution in [2.24, 2.45) is 0 Å². The van der Waals surface area contributed by atoms with Crippen molar-refractivity contribution in [2.45, 2.75) is 25.9 Å². The Morgan fingerprint density at radius 3 is 2.11 bits per heavy atom. The third kappa shape index (κ3) is 9.56. The summed E-state index contributed by atoms with van der Waals surface area (Å²) in [6.45, 7) is 1.94. The summed E-state index contributed by atoms with van der Waals surface area (Å²) >= 11 is 0. The quantitative estimate of drug-likeness (QED) is 0.758. The van der Waals surface area contributed by atoms with Gasteiger partial charge < -0.3 is 0 Å². The van der Waals surface area contributed by atoms with Crippen LogP contribution >= 0.6 is 21.4 Å². The van der Waals surface area contributed by atoms with Crippen LogP contribution in [-0.2, 0) is 20.9 Å². The molecule has 0 aliphatic carbocycles. The molecular formula is C10H11Cl2F3O2S. The highest BCUT2D eigenvalue weighted by molar-refractivity contribution is 8.31. The molecule has 2 nitrogen and oxygen atoms in total. The summed E-state index contributed by atoms with van der Waals surface area (Å²) in [7, 11) is 4.81. The van der Waals surface area contributed by atoms with Gasteiger partial charge in [0, 0.05) is 21.4 Å². The van der Waals surface area contributed by atoms with Crippen LogP contribution in [0.2, 0.25) is 0 Å². The summed E-state index contributed by atoms with van der Waals surface area (Å²) in [5.41, 5.74) is 0.191. The average molecular weight is 323 g/mol. The molecule has 0 saturated carbocycles. The van der Waals surface area contributed by atoms with E-state index in [0.29, 0.717) is 6.42 Å². The number of hydrogen-bond acceptors (Lipinski definition) is 2. The van der Waals surface area contributed by atoms with Crippen LogP contribution < -0.4 is 0 Å². The second-order valence-corrected chi connectivity index (χ2v) is 6.99. The minimum atomic E-state index is -4.22. The van der Waals surface area contributed by atoms with Gasteiger partial charge in [0.2, 0.25) is 0 Å². The standard InChI is InChI=1S/C10H11F3.Cl2O2S/c1-2-4-8-5-3-6-9(7-8)10(11,12)13;1-5(2,3)4/h3,5-7H,2,4H2,1H3;. The lowest BCUT2D eigenvalue weighted by atomic mass is 10.1. The highest BCUT2D eigenvalue weighted by atomic mass is 36.0. The van der Waals surface area contributed by atoms with Gasteiger partial charge >= 0.3 is 14.4 Å². The minimum Gasteiger partial charge on any atom is -0.195 e. The molecule has 0 bridgehead atoms. The van der Waals surface area contributed by atoms with Crippen molar-refractivity contribution in [3.63, 3.8) is 0 Å². The van der Waals surface area contributed by atoms with Gasteiger partial charge in [0.05, 0.1) is 5.56 Å². The van der Waals surface area contributed by atoms with E-state index in [2.05, 4.69) is 21.4 Å². The Bertz CT molecular complexity index is 464. The van der Waals surface area contributed by atoms with Gasteiger partial charge in [0.15, 0.2) is 0 Å². The van der Waals surface area contributed by atoms with E-state index < -0.39 is 20.0 Å². The normalized spacial score (nSPS) is 11.7. The lowest BCUT2D eigenvalue weighted by Crippen LogP contribution is -2.05. The van der Waals surface area contributed by atoms with Crippen molar-refractivity contribution in [3.05, 3.63) is 35.4 Å². The summed E-state index contributed by atoms with van der Waals surface area (Å²) in [4.78, 5) is 0. The van der Waals surface area contributed by atoms with Crippen molar-refractivity contribution in [3.8, 4) is 0 Å². The molecule has 1 aromatic carbocycles. The number of halogens is 5. The zero-order chi connectivity index (χ0) is 14.4. The van der Waals surface area contributed by atoms with E-state index in [1.807, 2.05) is 6.92 Å². The van der Waals surface area contributed by atoms with Crippen molar-refractivity contribution in [1.82, 2.24) is 0 Å². The molecule has 18 heavy (non-hydrogen) atoms. The second-order valence-electron chi connectivity index (χ2n) is 3.33. The van der Waals surface area contributed by atoms with Crippen molar-refractivity contribution in [2.75, 3.05) is 0 Å². The van der Waals surface area contributed by atoms with Crippen LogP contribution in [0.3, 0.4) is 0 Å². The molecular weight excluding hydrogens is 312 g/mol. The number of alkyl halides is 3. The van der Waals surface area contributed by atoms with Crippen LogP contribution in [0.5, 0.6) is 0 Å². The molecule has 0 saturated heterocycles. The summed E-state index contributed by atoms with van der Waals surface area (Å²) in [6.07, 6.45) is -2.66. The predicted molar refractivity (Wildman–Crippen MR) is 66.1 cm³/mol. The molecule has 0 spiro atoms. The second kappa shape index (κ2) is 7.21. The topological polar surface area (TPSA) is 34.1 Å². The number of rotatable bonds is 2. The Balaban J connectivity index is 0.000000494. The molecule has 0 heterocycles. The first-order chi connectivity index (χ1) is 8.04. The van der Waals surface area contributed by atoms with E-state index >= 15 is 0 Å². The maximum Gasteiger partial charge on any atom is 0.416 e. The van der Waals surface area contributed by atoms with Gasteiger partial charge in [-0.05, 0) is 18.1 Å². The summed E-state index contributed by atoms with van der Waals surface area (Å²) < 4.78 is 55.0. The van der Waals surface area contributed by atoms with Crippen LogP contribution in [0, 0.1) is 0 Å². The van der Waals surface area contributed by atoms with Crippen molar-refractivity contribution < 1.29 is 21.6 Å². The Morgan fingerprint density at radius 1 is 1.22 bits per heavy atom. The molecule has 0 aromatic heterocycles. The van der Waals surface area contributed by atoms with Gasteiger partial charge in [-0.1, -0.05) is 31.5 Å². The Morgan fingerprint density at radius 2 is 1.72 bits per heavy atom. The first-order valence-electron chi connectivity index (χ1n) is 4.84. The minimum absolute atomic E-state index is 0.557. The van der Waals surface area contributed by atoms with Crippen LogP contribution in [0.25, 0.3) is 0 Å².